The molecule has 114 valence electrons. The molecule has 1 N–H and O–H groups in total. The zero-order valence-corrected chi connectivity index (χ0v) is 13.6. The van der Waals surface area contributed by atoms with Gasteiger partial charge in [-0.05, 0) is 30.0 Å². The van der Waals surface area contributed by atoms with Crippen LogP contribution in [0.15, 0.2) is 34.7 Å². The maximum atomic E-state index is 12.8. The highest BCUT2D eigenvalue weighted by Crippen LogP contribution is 2.30. The molecule has 0 aliphatic carbocycles. The van der Waals surface area contributed by atoms with Crippen LogP contribution in [0.25, 0.3) is 0 Å². The van der Waals surface area contributed by atoms with Gasteiger partial charge >= 0.3 is 0 Å². The predicted molar refractivity (Wildman–Crippen MR) is 82.5 cm³/mol. The zero-order valence-electron chi connectivity index (χ0n) is 12.0. The van der Waals surface area contributed by atoms with Crippen molar-refractivity contribution in [2.45, 2.75) is 31.9 Å². The van der Waals surface area contributed by atoms with E-state index in [1.807, 2.05) is 6.07 Å². The number of sulfonamides is 1. The number of hydrogen-bond donors (Lipinski definition) is 1. The second-order valence-corrected chi connectivity index (χ2v) is 7.42. The summed E-state index contributed by atoms with van der Waals surface area (Å²) in [6, 6.07) is 5.42. The van der Waals surface area contributed by atoms with E-state index in [2.05, 4.69) is 4.98 Å². The molecule has 0 saturated heterocycles. The van der Waals surface area contributed by atoms with E-state index in [1.54, 1.807) is 37.6 Å². The summed E-state index contributed by atoms with van der Waals surface area (Å²) in [4.78, 5) is 4.88. The lowest BCUT2D eigenvalue weighted by atomic mass is 10.3. The lowest BCUT2D eigenvalue weighted by molar-refractivity contribution is 0.282. The molecule has 21 heavy (non-hydrogen) atoms. The Kier molecular flexibility index (Phi) is 5.10. The van der Waals surface area contributed by atoms with Gasteiger partial charge in [-0.3, -0.25) is 4.98 Å². The fourth-order valence-electron chi connectivity index (χ4n) is 2.11. The fraction of sp³-hybridized carbons (Fsp3) is 0.357. The van der Waals surface area contributed by atoms with E-state index in [0.717, 1.165) is 0 Å². The van der Waals surface area contributed by atoms with Gasteiger partial charge in [0.15, 0.2) is 0 Å². The first-order valence-corrected chi connectivity index (χ1v) is 8.90. The molecule has 2 heterocycles. The largest absolute Gasteiger partial charge is 0.391 e. The Morgan fingerprint density at radius 3 is 2.71 bits per heavy atom. The molecule has 0 radical (unpaired) electrons. The average molecular weight is 326 g/mol. The zero-order chi connectivity index (χ0) is 15.5. The van der Waals surface area contributed by atoms with Crippen molar-refractivity contribution in [2.24, 2.45) is 0 Å². The first-order chi connectivity index (χ1) is 10.0. The molecule has 2 aromatic rings. The Morgan fingerprint density at radius 1 is 1.38 bits per heavy atom. The fourth-order valence-corrected chi connectivity index (χ4v) is 5.14. The van der Waals surface area contributed by atoms with Crippen molar-refractivity contribution in [3.05, 3.63) is 45.9 Å². The number of aryl methyl sites for hydroxylation is 1. The molecular weight excluding hydrogens is 308 g/mol. The Morgan fingerprint density at radius 2 is 2.14 bits per heavy atom. The van der Waals surface area contributed by atoms with Gasteiger partial charge in [0, 0.05) is 12.7 Å². The van der Waals surface area contributed by atoms with Crippen LogP contribution in [0.2, 0.25) is 0 Å². The number of aliphatic hydroxyl groups excluding tert-OH is 1. The topological polar surface area (TPSA) is 70.5 Å². The smallest absolute Gasteiger partial charge is 0.244 e. The van der Waals surface area contributed by atoms with Crippen molar-refractivity contribution >= 4 is 21.4 Å². The van der Waals surface area contributed by atoms with E-state index >= 15 is 0 Å². The normalized spacial score (nSPS) is 12.0. The average Bonchev–Trinajstić information content (AvgIpc) is 2.87. The Hall–Kier alpha value is -1.28. The molecule has 0 aromatic carbocycles. The molecule has 0 bridgehead atoms. The van der Waals surface area contributed by atoms with E-state index in [4.69, 9.17) is 0 Å². The molecular formula is C14H18N2O3S2. The number of rotatable bonds is 6. The molecule has 0 unspecified atom stereocenters. The van der Waals surface area contributed by atoms with E-state index < -0.39 is 10.0 Å². The SMILES string of the molecule is CCN(Cc1ccccn1)S(=O)(=O)c1c(C)csc1CO. The third-order valence-electron chi connectivity index (χ3n) is 3.15. The minimum absolute atomic E-state index is 0.222. The summed E-state index contributed by atoms with van der Waals surface area (Å²) in [5.41, 5.74) is 1.37. The van der Waals surface area contributed by atoms with Crippen LogP contribution in [0.3, 0.4) is 0 Å². The van der Waals surface area contributed by atoms with E-state index in [-0.39, 0.29) is 18.0 Å². The predicted octanol–water partition coefficient (Wildman–Crippen LogP) is 2.15. The lowest BCUT2D eigenvalue weighted by Gasteiger charge is -2.21. The first-order valence-electron chi connectivity index (χ1n) is 6.58. The van der Waals surface area contributed by atoms with E-state index in [0.29, 0.717) is 22.7 Å². The van der Waals surface area contributed by atoms with Gasteiger partial charge in [-0.2, -0.15) is 4.31 Å². The summed E-state index contributed by atoms with van der Waals surface area (Å²) in [6.07, 6.45) is 1.64. The van der Waals surface area contributed by atoms with Gasteiger partial charge in [0.2, 0.25) is 10.0 Å². The molecule has 0 spiro atoms. The molecule has 0 aliphatic rings. The molecule has 5 nitrogen and oxygen atoms in total. The van der Waals surface area contributed by atoms with Gasteiger partial charge in [-0.15, -0.1) is 11.3 Å². The van der Waals surface area contributed by atoms with Crippen molar-refractivity contribution in [1.29, 1.82) is 0 Å². The van der Waals surface area contributed by atoms with Gasteiger partial charge in [0.05, 0.1) is 23.7 Å². The number of thiophene rings is 1. The monoisotopic (exact) mass is 326 g/mol. The molecule has 2 aromatic heterocycles. The van der Waals surface area contributed by atoms with Crippen molar-refractivity contribution < 1.29 is 13.5 Å². The minimum Gasteiger partial charge on any atom is -0.391 e. The van der Waals surface area contributed by atoms with E-state index in [1.165, 1.54) is 15.6 Å². The molecule has 0 aliphatic heterocycles. The van der Waals surface area contributed by atoms with Gasteiger partial charge in [-0.1, -0.05) is 13.0 Å². The maximum Gasteiger partial charge on any atom is 0.244 e. The quantitative estimate of drug-likeness (QED) is 0.883. The van der Waals surface area contributed by atoms with Crippen LogP contribution >= 0.6 is 11.3 Å². The Bertz CT molecular complexity index is 696. The summed E-state index contributed by atoms with van der Waals surface area (Å²) in [5.74, 6) is 0. The van der Waals surface area contributed by atoms with Crippen molar-refractivity contribution in [3.8, 4) is 0 Å². The third kappa shape index (κ3) is 3.32. The van der Waals surface area contributed by atoms with Crippen LogP contribution in [0.5, 0.6) is 0 Å². The van der Waals surface area contributed by atoms with Gasteiger partial charge in [-0.25, -0.2) is 8.42 Å². The molecule has 2 rings (SSSR count). The van der Waals surface area contributed by atoms with Crippen LogP contribution in [-0.2, 0) is 23.2 Å². The highest BCUT2D eigenvalue weighted by molar-refractivity contribution is 7.89. The standard InChI is InChI=1S/C14H18N2O3S2/c1-3-16(8-12-6-4-5-7-15-12)21(18,19)14-11(2)10-20-13(14)9-17/h4-7,10,17H,3,8-9H2,1-2H3. The number of hydrogen-bond acceptors (Lipinski definition) is 5. The van der Waals surface area contributed by atoms with Crippen LogP contribution < -0.4 is 0 Å². The third-order valence-corrected chi connectivity index (χ3v) is 6.52. The Labute approximate surface area is 128 Å². The summed E-state index contributed by atoms with van der Waals surface area (Å²) >= 11 is 1.27. The second-order valence-electron chi connectivity index (χ2n) is 4.58. The molecule has 0 atom stereocenters. The maximum absolute atomic E-state index is 12.8. The Balaban J connectivity index is 2.38. The van der Waals surface area contributed by atoms with Gasteiger partial charge in [0.1, 0.15) is 4.90 Å². The van der Waals surface area contributed by atoms with E-state index in [9.17, 15) is 13.5 Å². The van der Waals surface area contributed by atoms with Crippen molar-refractivity contribution in [3.63, 3.8) is 0 Å². The minimum atomic E-state index is -3.64. The molecule has 7 heteroatoms. The van der Waals surface area contributed by atoms with Gasteiger partial charge in [0.25, 0.3) is 0 Å². The highest BCUT2D eigenvalue weighted by Gasteiger charge is 2.29. The molecule has 0 saturated carbocycles. The second kappa shape index (κ2) is 6.65. The number of aliphatic hydroxyl groups is 1. The summed E-state index contributed by atoms with van der Waals surface area (Å²) in [5, 5.41) is 11.1. The summed E-state index contributed by atoms with van der Waals surface area (Å²) < 4.78 is 27.0. The summed E-state index contributed by atoms with van der Waals surface area (Å²) in [6.45, 7) is 3.84. The number of aromatic nitrogens is 1. The number of nitrogens with zero attached hydrogens (tertiary/aromatic N) is 2. The van der Waals surface area contributed by atoms with Crippen LogP contribution in [0.4, 0.5) is 0 Å². The van der Waals surface area contributed by atoms with Crippen LogP contribution in [0.1, 0.15) is 23.1 Å². The van der Waals surface area contributed by atoms with Crippen LogP contribution in [0, 0.1) is 6.92 Å². The van der Waals surface area contributed by atoms with Crippen molar-refractivity contribution in [1.82, 2.24) is 9.29 Å². The number of pyridine rings is 1. The first kappa shape index (κ1) is 16.1. The lowest BCUT2D eigenvalue weighted by Crippen LogP contribution is -2.31. The van der Waals surface area contributed by atoms with Crippen molar-refractivity contribution in [2.75, 3.05) is 6.54 Å². The highest BCUT2D eigenvalue weighted by atomic mass is 32.2. The molecule has 0 fully saturated rings. The van der Waals surface area contributed by atoms with Crippen LogP contribution in [-0.4, -0.2) is 29.4 Å². The van der Waals surface area contributed by atoms with Gasteiger partial charge < -0.3 is 5.11 Å². The molecule has 0 amide bonds. The summed E-state index contributed by atoms with van der Waals surface area (Å²) in [7, 11) is -3.64.